The van der Waals surface area contributed by atoms with Crippen molar-refractivity contribution in [2.75, 3.05) is 12.4 Å². The molecule has 2 rings (SSSR count). The first kappa shape index (κ1) is 20.8. The van der Waals surface area contributed by atoms with E-state index in [0.29, 0.717) is 10.1 Å². The van der Waals surface area contributed by atoms with Crippen molar-refractivity contribution in [1.82, 2.24) is 15.5 Å². The van der Waals surface area contributed by atoms with Crippen molar-refractivity contribution >= 4 is 28.3 Å². The normalized spacial score (nSPS) is 13.1. The average Bonchev–Trinajstić information content (AvgIpc) is 3.13. The Morgan fingerprint density at radius 2 is 1.93 bits per heavy atom. The number of hydrogen-bond acceptors (Lipinski definition) is 6. The van der Waals surface area contributed by atoms with Gasteiger partial charge in [0, 0.05) is 11.5 Å². The van der Waals surface area contributed by atoms with Crippen molar-refractivity contribution in [3.63, 3.8) is 0 Å². The topological polar surface area (TPSA) is 93.2 Å². The largest absolute Gasteiger partial charge is 0.497 e. The summed E-state index contributed by atoms with van der Waals surface area (Å²) in [4.78, 5) is 24.8. The molecule has 8 heteroatoms. The van der Waals surface area contributed by atoms with Crippen LogP contribution in [0.5, 0.6) is 5.75 Å². The standard InChI is InChI=1S/C19H26N4O3S/c1-6-12(4)16(24)20-15(11(2)3)17(25)21-19-23-22-18(27-19)13-8-7-9-14(10-13)26-5/h7-12,15H,6H2,1-5H3,(H,20,24)(H,21,23,25)/t12-,15+/m0/s1. The number of benzene rings is 1. The molecule has 27 heavy (non-hydrogen) atoms. The van der Waals surface area contributed by atoms with E-state index < -0.39 is 6.04 Å². The first-order valence-electron chi connectivity index (χ1n) is 8.94. The lowest BCUT2D eigenvalue weighted by Crippen LogP contribution is -2.48. The molecule has 7 nitrogen and oxygen atoms in total. The summed E-state index contributed by atoms with van der Waals surface area (Å²) >= 11 is 1.27. The van der Waals surface area contributed by atoms with Gasteiger partial charge in [0.1, 0.15) is 16.8 Å². The second-order valence-corrected chi connectivity index (χ2v) is 7.65. The van der Waals surface area contributed by atoms with Gasteiger partial charge < -0.3 is 10.1 Å². The molecule has 0 saturated carbocycles. The maximum absolute atomic E-state index is 12.6. The Balaban J connectivity index is 2.09. The Bertz CT molecular complexity index is 791. The van der Waals surface area contributed by atoms with Crippen LogP contribution in [-0.2, 0) is 9.59 Å². The molecule has 1 heterocycles. The minimum absolute atomic E-state index is 0.0521. The highest BCUT2D eigenvalue weighted by Crippen LogP contribution is 2.28. The van der Waals surface area contributed by atoms with Gasteiger partial charge in [-0.05, 0) is 24.5 Å². The molecule has 146 valence electrons. The average molecular weight is 391 g/mol. The SMILES string of the molecule is CC[C@H](C)C(=O)N[C@@H](C(=O)Nc1nnc(-c2cccc(OC)c2)s1)C(C)C. The summed E-state index contributed by atoms with van der Waals surface area (Å²) < 4.78 is 5.22. The molecule has 0 unspecified atom stereocenters. The third-order valence-corrected chi connectivity index (χ3v) is 5.17. The lowest BCUT2D eigenvalue weighted by atomic mass is 10.0. The number of ether oxygens (including phenoxy) is 1. The molecular formula is C19H26N4O3S. The summed E-state index contributed by atoms with van der Waals surface area (Å²) in [5.74, 6) is 0.112. The van der Waals surface area contributed by atoms with Crippen molar-refractivity contribution in [2.45, 2.75) is 40.2 Å². The van der Waals surface area contributed by atoms with Crippen molar-refractivity contribution in [3.05, 3.63) is 24.3 Å². The molecule has 0 saturated heterocycles. The summed E-state index contributed by atoms with van der Waals surface area (Å²) in [6, 6.07) is 6.84. The fourth-order valence-electron chi connectivity index (χ4n) is 2.35. The van der Waals surface area contributed by atoms with Crippen LogP contribution in [0.4, 0.5) is 5.13 Å². The van der Waals surface area contributed by atoms with Crippen molar-refractivity contribution in [2.24, 2.45) is 11.8 Å². The Morgan fingerprint density at radius 1 is 1.19 bits per heavy atom. The summed E-state index contributed by atoms with van der Waals surface area (Å²) in [7, 11) is 1.60. The number of anilines is 1. The lowest BCUT2D eigenvalue weighted by molar-refractivity contribution is -0.129. The zero-order chi connectivity index (χ0) is 20.0. The number of rotatable bonds is 8. The van der Waals surface area contributed by atoms with Crippen LogP contribution in [0.1, 0.15) is 34.1 Å². The number of nitrogens with zero attached hydrogens (tertiary/aromatic N) is 2. The Labute approximate surface area is 163 Å². The van der Waals surface area contributed by atoms with Gasteiger partial charge in [-0.2, -0.15) is 0 Å². The number of amides is 2. The van der Waals surface area contributed by atoms with E-state index in [1.165, 1.54) is 11.3 Å². The lowest BCUT2D eigenvalue weighted by Gasteiger charge is -2.22. The Morgan fingerprint density at radius 3 is 2.56 bits per heavy atom. The van der Waals surface area contributed by atoms with Gasteiger partial charge in [0.15, 0.2) is 0 Å². The van der Waals surface area contributed by atoms with Crippen molar-refractivity contribution in [3.8, 4) is 16.3 Å². The van der Waals surface area contributed by atoms with E-state index in [4.69, 9.17) is 4.74 Å². The molecular weight excluding hydrogens is 364 g/mol. The highest BCUT2D eigenvalue weighted by molar-refractivity contribution is 7.18. The maximum atomic E-state index is 12.6. The van der Waals surface area contributed by atoms with Gasteiger partial charge in [-0.25, -0.2) is 0 Å². The summed E-state index contributed by atoms with van der Waals surface area (Å²) in [5.41, 5.74) is 0.859. The van der Waals surface area contributed by atoms with E-state index in [2.05, 4.69) is 20.8 Å². The van der Waals surface area contributed by atoms with E-state index in [1.807, 2.05) is 52.0 Å². The van der Waals surface area contributed by atoms with E-state index in [-0.39, 0.29) is 23.7 Å². The first-order chi connectivity index (χ1) is 12.8. The van der Waals surface area contributed by atoms with Crippen molar-refractivity contribution < 1.29 is 14.3 Å². The zero-order valence-corrected chi connectivity index (χ0v) is 17.1. The van der Waals surface area contributed by atoms with Crippen LogP contribution in [0.3, 0.4) is 0 Å². The summed E-state index contributed by atoms with van der Waals surface area (Å²) in [6.07, 6.45) is 0.721. The minimum Gasteiger partial charge on any atom is -0.497 e. The van der Waals surface area contributed by atoms with Gasteiger partial charge in [0.25, 0.3) is 0 Å². The van der Waals surface area contributed by atoms with Gasteiger partial charge >= 0.3 is 0 Å². The van der Waals surface area contributed by atoms with Gasteiger partial charge in [-0.3, -0.25) is 14.9 Å². The first-order valence-corrected chi connectivity index (χ1v) is 9.76. The monoisotopic (exact) mass is 390 g/mol. The molecule has 1 aromatic carbocycles. The van der Waals surface area contributed by atoms with Gasteiger partial charge in [-0.1, -0.05) is 51.2 Å². The smallest absolute Gasteiger partial charge is 0.249 e. The summed E-state index contributed by atoms with van der Waals surface area (Å²) in [6.45, 7) is 7.57. The second-order valence-electron chi connectivity index (χ2n) is 6.67. The van der Waals surface area contributed by atoms with Crippen LogP contribution >= 0.6 is 11.3 Å². The molecule has 1 aromatic heterocycles. The van der Waals surface area contributed by atoms with Gasteiger partial charge in [-0.15, -0.1) is 10.2 Å². The number of carbonyl (C=O) groups excluding carboxylic acids is 2. The molecule has 0 fully saturated rings. The molecule has 0 aliphatic heterocycles. The molecule has 0 aliphatic rings. The van der Waals surface area contributed by atoms with Crippen molar-refractivity contribution in [1.29, 1.82) is 0 Å². The third-order valence-electron chi connectivity index (χ3n) is 4.28. The zero-order valence-electron chi connectivity index (χ0n) is 16.3. The number of methoxy groups -OCH3 is 1. The highest BCUT2D eigenvalue weighted by atomic mass is 32.1. The van der Waals surface area contributed by atoms with Crippen LogP contribution in [-0.4, -0.2) is 35.2 Å². The van der Waals surface area contributed by atoms with E-state index in [0.717, 1.165) is 17.7 Å². The Kier molecular flexibility index (Phi) is 7.29. The number of nitrogens with one attached hydrogen (secondary N) is 2. The molecule has 0 spiro atoms. The van der Waals surface area contributed by atoms with Crippen LogP contribution in [0.25, 0.3) is 10.6 Å². The highest BCUT2D eigenvalue weighted by Gasteiger charge is 2.26. The molecule has 2 atom stereocenters. The Hall–Kier alpha value is -2.48. The van der Waals surface area contributed by atoms with E-state index in [1.54, 1.807) is 7.11 Å². The molecule has 0 aliphatic carbocycles. The fraction of sp³-hybridized carbons (Fsp3) is 0.474. The molecule has 0 radical (unpaired) electrons. The third kappa shape index (κ3) is 5.50. The number of aromatic nitrogens is 2. The van der Waals surface area contributed by atoms with Crippen LogP contribution in [0.2, 0.25) is 0 Å². The predicted molar refractivity (Wildman–Crippen MR) is 107 cm³/mol. The van der Waals surface area contributed by atoms with E-state index >= 15 is 0 Å². The van der Waals surface area contributed by atoms with Crippen LogP contribution in [0.15, 0.2) is 24.3 Å². The molecule has 2 aromatic rings. The predicted octanol–water partition coefficient (Wildman–Crippen LogP) is 3.34. The van der Waals surface area contributed by atoms with Crippen LogP contribution < -0.4 is 15.4 Å². The minimum atomic E-state index is -0.629. The number of hydrogen-bond donors (Lipinski definition) is 2. The summed E-state index contributed by atoms with van der Waals surface area (Å²) in [5, 5.41) is 14.8. The molecule has 2 amide bonds. The quantitative estimate of drug-likeness (QED) is 0.721. The second kappa shape index (κ2) is 9.45. The molecule has 2 N–H and O–H groups in total. The number of carbonyl (C=O) groups is 2. The maximum Gasteiger partial charge on any atom is 0.249 e. The van der Waals surface area contributed by atoms with Gasteiger partial charge in [0.2, 0.25) is 16.9 Å². The fourth-order valence-corrected chi connectivity index (χ4v) is 3.09. The van der Waals surface area contributed by atoms with Crippen LogP contribution in [0, 0.1) is 11.8 Å². The molecule has 0 bridgehead atoms. The van der Waals surface area contributed by atoms with Gasteiger partial charge in [0.05, 0.1) is 7.11 Å². The van der Waals surface area contributed by atoms with E-state index in [9.17, 15) is 9.59 Å².